The Bertz CT molecular complexity index is 1190. The van der Waals surface area contributed by atoms with Crippen LogP contribution in [0.4, 0.5) is 5.82 Å². The van der Waals surface area contributed by atoms with Crippen LogP contribution >= 0.6 is 11.8 Å². The van der Waals surface area contributed by atoms with Crippen LogP contribution in [0.1, 0.15) is 69.9 Å². The number of ketones is 1. The predicted octanol–water partition coefficient (Wildman–Crippen LogP) is 5.27. The Kier molecular flexibility index (Phi) is 7.07. The van der Waals surface area contributed by atoms with Crippen molar-refractivity contribution in [2.24, 2.45) is 5.41 Å². The first kappa shape index (κ1) is 24.4. The van der Waals surface area contributed by atoms with E-state index in [0.717, 1.165) is 36.3 Å². The minimum atomic E-state index is -0.523. The largest absolute Gasteiger partial charge is 0.493 e. The zero-order chi connectivity index (χ0) is 24.5. The van der Waals surface area contributed by atoms with Crippen LogP contribution in [0.15, 0.2) is 39.4 Å². The molecular formula is C26H33N3O4S. The smallest absolute Gasteiger partial charge is 0.257 e. The van der Waals surface area contributed by atoms with Crippen LogP contribution in [0.25, 0.3) is 0 Å². The van der Waals surface area contributed by atoms with Crippen LogP contribution < -0.4 is 20.3 Å². The third-order valence-electron chi connectivity index (χ3n) is 6.43. The molecule has 2 aliphatic rings. The molecule has 2 N–H and O–H groups in total. The summed E-state index contributed by atoms with van der Waals surface area (Å²) < 4.78 is 10.9. The Hall–Kier alpha value is -2.74. The molecule has 8 heteroatoms. The van der Waals surface area contributed by atoms with E-state index < -0.39 is 5.92 Å². The molecule has 0 saturated carbocycles. The van der Waals surface area contributed by atoms with E-state index in [0.29, 0.717) is 46.5 Å². The number of nitrogens with zero attached hydrogens (tertiary/aromatic N) is 1. The molecule has 4 rings (SSSR count). The van der Waals surface area contributed by atoms with Crippen molar-refractivity contribution in [3.05, 3.63) is 50.9 Å². The zero-order valence-corrected chi connectivity index (χ0v) is 21.4. The van der Waals surface area contributed by atoms with Crippen LogP contribution in [-0.4, -0.2) is 35.7 Å². The van der Waals surface area contributed by atoms with Gasteiger partial charge in [0.05, 0.1) is 19.8 Å². The van der Waals surface area contributed by atoms with Crippen molar-refractivity contribution >= 4 is 23.4 Å². The summed E-state index contributed by atoms with van der Waals surface area (Å²) >= 11 is 1.56. The van der Waals surface area contributed by atoms with E-state index >= 15 is 0 Å². The summed E-state index contributed by atoms with van der Waals surface area (Å²) in [4.78, 5) is 34.5. The van der Waals surface area contributed by atoms with E-state index in [2.05, 4.69) is 31.1 Å². The summed E-state index contributed by atoms with van der Waals surface area (Å²) in [5.74, 6) is 2.11. The number of thioether (sulfide) groups is 1. The number of H-pyrrole nitrogens is 1. The number of methoxy groups -OCH3 is 2. The summed E-state index contributed by atoms with van der Waals surface area (Å²) in [5.41, 5.74) is 2.39. The number of unbranched alkanes of at least 4 members (excludes halogenated alkanes) is 2. The molecule has 0 amide bonds. The van der Waals surface area contributed by atoms with Crippen molar-refractivity contribution in [2.75, 3.05) is 25.3 Å². The van der Waals surface area contributed by atoms with Gasteiger partial charge in [-0.05, 0) is 36.0 Å². The molecule has 7 nitrogen and oxygen atoms in total. The van der Waals surface area contributed by atoms with Crippen molar-refractivity contribution in [1.82, 2.24) is 9.97 Å². The van der Waals surface area contributed by atoms with E-state index in [1.807, 2.05) is 18.2 Å². The quantitative estimate of drug-likeness (QED) is 0.300. The van der Waals surface area contributed by atoms with Crippen molar-refractivity contribution in [3.8, 4) is 11.5 Å². The monoisotopic (exact) mass is 483 g/mol. The van der Waals surface area contributed by atoms with Gasteiger partial charge in [-0.25, -0.2) is 4.98 Å². The van der Waals surface area contributed by atoms with Gasteiger partial charge in [0.25, 0.3) is 5.56 Å². The number of rotatable bonds is 8. The lowest BCUT2D eigenvalue weighted by molar-refractivity contribution is -0.118. The number of Topliss-reactive ketones (excluding diaryl/α,β-unsaturated/α-hetero) is 1. The third kappa shape index (κ3) is 4.73. The first-order valence-electron chi connectivity index (χ1n) is 11.8. The number of carbonyl (C=O) groups is 1. The highest BCUT2D eigenvalue weighted by molar-refractivity contribution is 7.99. The van der Waals surface area contributed by atoms with Gasteiger partial charge in [-0.1, -0.05) is 51.4 Å². The fraction of sp³-hybridized carbons (Fsp3) is 0.500. The number of hydrogen-bond donors (Lipinski definition) is 2. The molecule has 0 bridgehead atoms. The van der Waals surface area contributed by atoms with Gasteiger partial charge in [-0.3, -0.25) is 9.59 Å². The number of carbonyl (C=O) groups excluding carboxylic acids is 1. The van der Waals surface area contributed by atoms with E-state index in [9.17, 15) is 9.59 Å². The average molecular weight is 484 g/mol. The number of nitrogens with one attached hydrogen (secondary N) is 2. The fourth-order valence-corrected chi connectivity index (χ4v) is 5.71. The van der Waals surface area contributed by atoms with Crippen LogP contribution in [0.5, 0.6) is 11.5 Å². The molecule has 34 heavy (non-hydrogen) atoms. The lowest BCUT2D eigenvalue weighted by atomic mass is 9.69. The van der Waals surface area contributed by atoms with Gasteiger partial charge in [0.1, 0.15) is 5.82 Å². The molecule has 0 radical (unpaired) electrons. The van der Waals surface area contributed by atoms with Gasteiger partial charge in [-0.2, -0.15) is 0 Å². The van der Waals surface area contributed by atoms with Crippen molar-refractivity contribution in [1.29, 1.82) is 0 Å². The second-order valence-electron chi connectivity index (χ2n) is 9.69. The summed E-state index contributed by atoms with van der Waals surface area (Å²) in [7, 11) is 3.16. The molecule has 2 heterocycles. The SMILES string of the molecule is CCCCCSc1nc2c(c(=O)[nH]1)[C@@H](c1ccc(OC)c(OC)c1)C1=C(CC(C)(C)CC1=O)N2. The lowest BCUT2D eigenvalue weighted by Crippen LogP contribution is -2.37. The Labute approximate surface area is 204 Å². The molecule has 0 spiro atoms. The van der Waals surface area contributed by atoms with Crippen molar-refractivity contribution in [3.63, 3.8) is 0 Å². The number of allylic oxidation sites excluding steroid dienone is 2. The number of aromatic amines is 1. The maximum atomic E-state index is 13.4. The van der Waals surface area contributed by atoms with Gasteiger partial charge in [-0.15, -0.1) is 0 Å². The minimum Gasteiger partial charge on any atom is -0.493 e. The normalized spacial score (nSPS) is 18.7. The number of aromatic nitrogens is 2. The zero-order valence-electron chi connectivity index (χ0n) is 20.5. The molecule has 1 aromatic heterocycles. The van der Waals surface area contributed by atoms with Gasteiger partial charge in [0.2, 0.25) is 0 Å². The van der Waals surface area contributed by atoms with Gasteiger partial charge in [0, 0.05) is 29.4 Å². The number of fused-ring (bicyclic) bond motifs is 1. The Morgan fingerprint density at radius 3 is 2.59 bits per heavy atom. The second kappa shape index (κ2) is 9.86. The van der Waals surface area contributed by atoms with E-state index in [4.69, 9.17) is 14.5 Å². The summed E-state index contributed by atoms with van der Waals surface area (Å²) in [6, 6.07) is 5.56. The number of benzene rings is 1. The maximum absolute atomic E-state index is 13.4. The molecule has 1 aromatic carbocycles. The van der Waals surface area contributed by atoms with Crippen LogP contribution in [0.2, 0.25) is 0 Å². The molecule has 2 aromatic rings. The van der Waals surface area contributed by atoms with E-state index in [1.165, 1.54) is 0 Å². The van der Waals surface area contributed by atoms with Crippen LogP contribution in [0, 0.1) is 5.41 Å². The molecule has 0 saturated heterocycles. The van der Waals surface area contributed by atoms with Gasteiger partial charge < -0.3 is 19.8 Å². The minimum absolute atomic E-state index is 0.0570. The summed E-state index contributed by atoms with van der Waals surface area (Å²) in [5, 5.41) is 3.98. The highest BCUT2D eigenvalue weighted by Gasteiger charge is 2.42. The molecular weight excluding hydrogens is 450 g/mol. The molecule has 0 unspecified atom stereocenters. The summed E-state index contributed by atoms with van der Waals surface area (Å²) in [6.45, 7) is 6.36. The first-order valence-corrected chi connectivity index (χ1v) is 12.8. The second-order valence-corrected chi connectivity index (χ2v) is 10.8. The van der Waals surface area contributed by atoms with Crippen LogP contribution in [0.3, 0.4) is 0 Å². The Morgan fingerprint density at radius 2 is 1.88 bits per heavy atom. The number of anilines is 1. The predicted molar refractivity (Wildman–Crippen MR) is 135 cm³/mol. The lowest BCUT2D eigenvalue weighted by Gasteiger charge is -2.38. The highest BCUT2D eigenvalue weighted by atomic mass is 32.2. The van der Waals surface area contributed by atoms with Crippen molar-refractivity contribution in [2.45, 2.75) is 63.9 Å². The molecule has 0 fully saturated rings. The third-order valence-corrected chi connectivity index (χ3v) is 7.39. The molecule has 1 aliphatic heterocycles. The number of ether oxygens (including phenoxy) is 2. The average Bonchev–Trinajstić information content (AvgIpc) is 2.79. The van der Waals surface area contributed by atoms with Gasteiger partial charge >= 0.3 is 0 Å². The van der Waals surface area contributed by atoms with E-state index in [-0.39, 0.29) is 16.8 Å². The maximum Gasteiger partial charge on any atom is 0.257 e. The summed E-state index contributed by atoms with van der Waals surface area (Å²) in [6.07, 6.45) is 4.51. The fourth-order valence-electron chi connectivity index (χ4n) is 4.85. The van der Waals surface area contributed by atoms with Crippen molar-refractivity contribution < 1.29 is 14.3 Å². The van der Waals surface area contributed by atoms with E-state index in [1.54, 1.807) is 26.0 Å². The Morgan fingerprint density at radius 1 is 1.12 bits per heavy atom. The Balaban J connectivity index is 1.84. The van der Waals surface area contributed by atoms with Gasteiger partial charge in [0.15, 0.2) is 22.4 Å². The topological polar surface area (TPSA) is 93.3 Å². The number of hydrogen-bond acceptors (Lipinski definition) is 7. The molecule has 1 atom stereocenters. The first-order chi connectivity index (χ1) is 16.3. The standard InChI is InChI=1S/C26H33N3O4S/c1-6-7-8-11-34-25-28-23-22(24(31)29-25)20(15-9-10-18(32-4)19(12-15)33-5)21-16(27-23)13-26(2,3)14-17(21)30/h9-10,12,20H,6-8,11,13-14H2,1-5H3,(H2,27,28,29,31)/t20-/m0/s1. The highest BCUT2D eigenvalue weighted by Crippen LogP contribution is 2.48. The molecule has 1 aliphatic carbocycles. The molecule has 182 valence electrons. The van der Waals surface area contributed by atoms with Crippen LogP contribution in [-0.2, 0) is 4.79 Å².